The van der Waals surface area contributed by atoms with E-state index in [9.17, 15) is 9.90 Å². The second-order valence-corrected chi connectivity index (χ2v) is 7.20. The number of aliphatic carboxylic acids is 1. The Morgan fingerprint density at radius 1 is 1.19 bits per heavy atom. The van der Waals surface area contributed by atoms with E-state index in [1.54, 1.807) is 19.5 Å². The van der Waals surface area contributed by atoms with Crippen LogP contribution in [0, 0.1) is 11.8 Å². The van der Waals surface area contributed by atoms with Gasteiger partial charge >= 0.3 is 5.97 Å². The number of piperidine rings is 1. The summed E-state index contributed by atoms with van der Waals surface area (Å²) in [6, 6.07) is 9.72. The van der Waals surface area contributed by atoms with Crippen molar-refractivity contribution >= 4 is 5.97 Å². The van der Waals surface area contributed by atoms with Gasteiger partial charge in [-0.15, -0.1) is 0 Å². The van der Waals surface area contributed by atoms with Crippen LogP contribution in [0.25, 0.3) is 0 Å². The second kappa shape index (κ2) is 8.86. The molecule has 3 rings (SSSR count). The van der Waals surface area contributed by atoms with Crippen LogP contribution in [-0.4, -0.2) is 41.2 Å². The van der Waals surface area contributed by atoms with E-state index >= 15 is 0 Å². The number of carboxylic acid groups (broad SMARTS) is 1. The third kappa shape index (κ3) is 5.20. The number of ether oxygens (including phenoxy) is 2. The fraction of sp³-hybridized carbons (Fsp3) is 0.429. The lowest BCUT2D eigenvalue weighted by molar-refractivity contribution is -0.144. The van der Waals surface area contributed by atoms with Crippen LogP contribution < -0.4 is 9.47 Å². The predicted molar refractivity (Wildman–Crippen MR) is 102 cm³/mol. The summed E-state index contributed by atoms with van der Waals surface area (Å²) in [5.74, 6) is 0.752. The van der Waals surface area contributed by atoms with Crippen LogP contribution in [0.1, 0.15) is 24.5 Å². The van der Waals surface area contributed by atoms with Crippen LogP contribution in [0.3, 0.4) is 0 Å². The Morgan fingerprint density at radius 3 is 2.67 bits per heavy atom. The zero-order chi connectivity index (χ0) is 19.2. The molecule has 0 spiro atoms. The highest BCUT2D eigenvalue weighted by molar-refractivity contribution is 5.70. The number of pyridine rings is 1. The topological polar surface area (TPSA) is 71.9 Å². The summed E-state index contributed by atoms with van der Waals surface area (Å²) in [6.45, 7) is 4.75. The largest absolute Gasteiger partial charge is 0.493 e. The molecule has 1 aromatic heterocycles. The van der Waals surface area contributed by atoms with Gasteiger partial charge in [0.2, 0.25) is 0 Å². The summed E-state index contributed by atoms with van der Waals surface area (Å²) in [5, 5.41) is 9.34. The van der Waals surface area contributed by atoms with Gasteiger partial charge in [-0.05, 0) is 47.7 Å². The predicted octanol–water partition coefficient (Wildman–Crippen LogP) is 3.21. The first-order valence-corrected chi connectivity index (χ1v) is 9.19. The summed E-state index contributed by atoms with van der Waals surface area (Å²) in [6.07, 6.45) is 4.23. The molecule has 1 saturated heterocycles. The van der Waals surface area contributed by atoms with Crippen molar-refractivity contribution < 1.29 is 19.4 Å². The summed E-state index contributed by atoms with van der Waals surface area (Å²) >= 11 is 0. The quantitative estimate of drug-likeness (QED) is 0.807. The molecular formula is C21H26N2O4. The number of aromatic nitrogens is 1. The molecule has 0 bridgehead atoms. The molecule has 1 fully saturated rings. The number of nitrogens with zero attached hydrogens (tertiary/aromatic N) is 2. The van der Waals surface area contributed by atoms with E-state index < -0.39 is 5.97 Å². The van der Waals surface area contributed by atoms with Crippen LogP contribution >= 0.6 is 0 Å². The van der Waals surface area contributed by atoms with Gasteiger partial charge in [-0.25, -0.2) is 0 Å². The number of hydrogen-bond donors (Lipinski definition) is 1. The molecule has 0 radical (unpaired) electrons. The molecule has 144 valence electrons. The Labute approximate surface area is 159 Å². The Morgan fingerprint density at radius 2 is 1.96 bits per heavy atom. The fourth-order valence-electron chi connectivity index (χ4n) is 3.60. The van der Waals surface area contributed by atoms with Crippen molar-refractivity contribution in [1.29, 1.82) is 0 Å². The Balaban J connectivity index is 1.65. The number of likely N-dealkylation sites (tertiary alicyclic amines) is 1. The van der Waals surface area contributed by atoms with Gasteiger partial charge in [0.25, 0.3) is 0 Å². The normalized spacial score (nSPS) is 20.2. The molecule has 2 heterocycles. The van der Waals surface area contributed by atoms with Gasteiger partial charge in [-0.2, -0.15) is 0 Å². The summed E-state index contributed by atoms with van der Waals surface area (Å²) in [4.78, 5) is 17.6. The first kappa shape index (κ1) is 19.2. The first-order valence-electron chi connectivity index (χ1n) is 9.19. The minimum atomic E-state index is -0.705. The molecule has 6 nitrogen and oxygen atoms in total. The molecule has 2 aromatic rings. The van der Waals surface area contributed by atoms with E-state index in [-0.39, 0.29) is 5.92 Å². The highest BCUT2D eigenvalue weighted by Crippen LogP contribution is 2.30. The van der Waals surface area contributed by atoms with Crippen LogP contribution in [0.5, 0.6) is 11.5 Å². The van der Waals surface area contributed by atoms with E-state index in [2.05, 4.69) is 16.8 Å². The van der Waals surface area contributed by atoms with Gasteiger partial charge in [0.15, 0.2) is 11.5 Å². The smallest absolute Gasteiger partial charge is 0.307 e. The first-order chi connectivity index (χ1) is 13.0. The molecule has 1 aliphatic rings. The maximum Gasteiger partial charge on any atom is 0.307 e. The van der Waals surface area contributed by atoms with E-state index in [0.717, 1.165) is 24.1 Å². The molecule has 0 aliphatic carbocycles. The van der Waals surface area contributed by atoms with Crippen molar-refractivity contribution in [3.63, 3.8) is 0 Å². The van der Waals surface area contributed by atoms with Crippen molar-refractivity contribution in [2.24, 2.45) is 11.8 Å². The number of methoxy groups -OCH3 is 1. The highest BCUT2D eigenvalue weighted by atomic mass is 16.5. The molecule has 6 heteroatoms. The number of carbonyl (C=O) groups is 1. The maximum absolute atomic E-state index is 11.4. The van der Waals surface area contributed by atoms with E-state index in [1.807, 2.05) is 30.3 Å². The lowest BCUT2D eigenvalue weighted by Gasteiger charge is -2.34. The highest BCUT2D eigenvalue weighted by Gasteiger charge is 2.29. The minimum absolute atomic E-state index is 0.293. The third-order valence-corrected chi connectivity index (χ3v) is 4.86. The number of benzene rings is 1. The fourth-order valence-corrected chi connectivity index (χ4v) is 3.60. The summed E-state index contributed by atoms with van der Waals surface area (Å²) in [5.41, 5.74) is 2.12. The van der Waals surface area contributed by atoms with E-state index in [0.29, 0.717) is 37.1 Å². The van der Waals surface area contributed by atoms with Crippen molar-refractivity contribution in [3.05, 3.63) is 53.9 Å². The van der Waals surface area contributed by atoms with Crippen molar-refractivity contribution in [2.75, 3.05) is 20.2 Å². The standard InChI is InChI=1S/C21H26N2O4/c1-15-9-18(21(24)25)13-23(11-15)12-17-3-4-19(20(10-17)26-2)27-14-16-5-7-22-8-6-16/h3-8,10,15,18H,9,11-14H2,1-2H3,(H,24,25). The monoisotopic (exact) mass is 370 g/mol. The minimum Gasteiger partial charge on any atom is -0.493 e. The number of hydrogen-bond acceptors (Lipinski definition) is 5. The molecule has 1 N–H and O–H groups in total. The number of rotatable bonds is 7. The molecule has 27 heavy (non-hydrogen) atoms. The van der Waals surface area contributed by atoms with Crippen LogP contribution in [0.15, 0.2) is 42.7 Å². The molecule has 2 unspecified atom stereocenters. The van der Waals surface area contributed by atoms with Crippen LogP contribution in [-0.2, 0) is 17.9 Å². The van der Waals surface area contributed by atoms with Gasteiger partial charge < -0.3 is 14.6 Å². The van der Waals surface area contributed by atoms with Crippen molar-refractivity contribution in [3.8, 4) is 11.5 Å². The molecule has 2 atom stereocenters. The average Bonchev–Trinajstić information content (AvgIpc) is 2.67. The number of carboxylic acids is 1. The van der Waals surface area contributed by atoms with E-state index in [4.69, 9.17) is 9.47 Å². The summed E-state index contributed by atoms with van der Waals surface area (Å²) < 4.78 is 11.4. The molecular weight excluding hydrogens is 344 g/mol. The van der Waals surface area contributed by atoms with Crippen LogP contribution in [0.4, 0.5) is 0 Å². The lowest BCUT2D eigenvalue weighted by atomic mass is 9.90. The molecule has 0 amide bonds. The van der Waals surface area contributed by atoms with Crippen LogP contribution in [0.2, 0.25) is 0 Å². The second-order valence-electron chi connectivity index (χ2n) is 7.20. The zero-order valence-corrected chi connectivity index (χ0v) is 15.8. The van der Waals surface area contributed by atoms with Crippen molar-refractivity contribution in [1.82, 2.24) is 9.88 Å². The maximum atomic E-state index is 11.4. The van der Waals surface area contributed by atoms with Gasteiger partial charge in [-0.1, -0.05) is 13.0 Å². The lowest BCUT2D eigenvalue weighted by Crippen LogP contribution is -2.41. The molecule has 1 aromatic carbocycles. The zero-order valence-electron chi connectivity index (χ0n) is 15.8. The SMILES string of the molecule is COc1cc(CN2CC(C)CC(C(=O)O)C2)ccc1OCc1ccncc1. The van der Waals surface area contributed by atoms with Crippen molar-refractivity contribution in [2.45, 2.75) is 26.5 Å². The Bertz CT molecular complexity index is 766. The van der Waals surface area contributed by atoms with Gasteiger partial charge in [0, 0.05) is 32.0 Å². The Kier molecular flexibility index (Phi) is 6.29. The van der Waals surface area contributed by atoms with E-state index in [1.165, 1.54) is 0 Å². The van der Waals surface area contributed by atoms with Gasteiger partial charge in [0.1, 0.15) is 6.61 Å². The van der Waals surface area contributed by atoms with Gasteiger partial charge in [0.05, 0.1) is 13.0 Å². The molecule has 1 aliphatic heterocycles. The third-order valence-electron chi connectivity index (χ3n) is 4.86. The molecule has 0 saturated carbocycles. The Hall–Kier alpha value is -2.60. The van der Waals surface area contributed by atoms with Gasteiger partial charge in [-0.3, -0.25) is 14.7 Å². The summed E-state index contributed by atoms with van der Waals surface area (Å²) in [7, 11) is 1.63. The average molecular weight is 370 g/mol.